The number of nitrogen functional groups attached to an aromatic ring is 1. The number of pyridine rings is 1. The van der Waals surface area contributed by atoms with E-state index in [1.54, 1.807) is 12.3 Å². The molecule has 0 radical (unpaired) electrons. The molecule has 2 rings (SSSR count). The summed E-state index contributed by atoms with van der Waals surface area (Å²) in [6.07, 6.45) is -2.91. The summed E-state index contributed by atoms with van der Waals surface area (Å²) in [5.74, 6) is 5.31. The number of halogens is 3. The van der Waals surface area contributed by atoms with Crippen LogP contribution in [0.4, 0.5) is 19.0 Å². The molecule has 3 N–H and O–H groups in total. The molecule has 0 bridgehead atoms. The second kappa shape index (κ2) is 5.12. The molecule has 0 saturated heterocycles. The van der Waals surface area contributed by atoms with Crippen molar-refractivity contribution in [2.45, 2.75) is 25.9 Å². The molecule has 0 aliphatic rings. The summed E-state index contributed by atoms with van der Waals surface area (Å²) in [5, 5.41) is 4.20. The van der Waals surface area contributed by atoms with Gasteiger partial charge in [-0.3, -0.25) is 0 Å². The number of nitrogens with zero attached hydrogens (tertiary/aromatic N) is 3. The lowest BCUT2D eigenvalue weighted by Gasteiger charge is -2.11. The minimum Gasteiger partial charge on any atom is -0.308 e. The number of aromatic nitrogens is 3. The molecular formula is C12H14F3N5. The summed E-state index contributed by atoms with van der Waals surface area (Å²) in [4.78, 5) is 3.97. The normalized spacial score (nSPS) is 11.9. The van der Waals surface area contributed by atoms with Crippen LogP contribution in [0.25, 0.3) is 5.82 Å². The lowest BCUT2D eigenvalue weighted by molar-refractivity contribution is -0.137. The van der Waals surface area contributed by atoms with Crippen molar-refractivity contribution in [1.82, 2.24) is 14.8 Å². The van der Waals surface area contributed by atoms with Gasteiger partial charge in [-0.2, -0.15) is 18.3 Å². The number of rotatable bonds is 3. The number of nitrogens with one attached hydrogen (secondary N) is 1. The molecule has 0 aliphatic heterocycles. The summed E-state index contributed by atoms with van der Waals surface area (Å²) in [6.45, 7) is 3.89. The van der Waals surface area contributed by atoms with Crippen LogP contribution in [-0.4, -0.2) is 14.8 Å². The van der Waals surface area contributed by atoms with E-state index >= 15 is 0 Å². The first-order valence-electron chi connectivity index (χ1n) is 5.93. The Bertz CT molecular complexity index is 603. The van der Waals surface area contributed by atoms with Gasteiger partial charge >= 0.3 is 6.18 Å². The Morgan fingerprint density at radius 2 is 2.00 bits per heavy atom. The van der Waals surface area contributed by atoms with Gasteiger partial charge in [-0.1, -0.05) is 13.8 Å². The van der Waals surface area contributed by atoms with Crippen molar-refractivity contribution in [2.75, 3.05) is 5.43 Å². The van der Waals surface area contributed by atoms with Gasteiger partial charge < -0.3 is 5.43 Å². The molecule has 0 fully saturated rings. The highest BCUT2D eigenvalue weighted by atomic mass is 19.4. The van der Waals surface area contributed by atoms with Gasteiger partial charge in [0.2, 0.25) is 0 Å². The highest BCUT2D eigenvalue weighted by molar-refractivity contribution is 5.44. The molecule has 5 nitrogen and oxygen atoms in total. The number of hydrogen-bond acceptors (Lipinski definition) is 4. The Hall–Kier alpha value is -2.09. The van der Waals surface area contributed by atoms with Gasteiger partial charge in [-0.15, -0.1) is 0 Å². The molecule has 0 unspecified atom stereocenters. The van der Waals surface area contributed by atoms with Crippen LogP contribution in [0.2, 0.25) is 0 Å². The van der Waals surface area contributed by atoms with Crippen molar-refractivity contribution in [3.63, 3.8) is 0 Å². The van der Waals surface area contributed by atoms with Gasteiger partial charge in [-0.25, -0.2) is 15.5 Å². The zero-order valence-electron chi connectivity index (χ0n) is 10.9. The summed E-state index contributed by atoms with van der Waals surface area (Å²) >= 11 is 0. The second-order valence-corrected chi connectivity index (χ2v) is 4.58. The van der Waals surface area contributed by atoms with Gasteiger partial charge in [0.15, 0.2) is 5.82 Å². The first-order valence-corrected chi connectivity index (χ1v) is 5.93. The first-order chi connectivity index (χ1) is 9.31. The third-order valence-electron chi connectivity index (χ3n) is 2.72. The SMILES string of the molecule is CC(C)c1ccn(-c2cc(C(F)(F)F)cc(NN)n2)n1. The van der Waals surface area contributed by atoms with Crippen molar-refractivity contribution in [1.29, 1.82) is 0 Å². The quantitative estimate of drug-likeness (QED) is 0.672. The third-order valence-corrected chi connectivity index (χ3v) is 2.72. The molecule has 0 saturated carbocycles. The van der Waals surface area contributed by atoms with E-state index in [2.05, 4.69) is 15.5 Å². The molecule has 0 atom stereocenters. The largest absolute Gasteiger partial charge is 0.416 e. The van der Waals surface area contributed by atoms with Crippen LogP contribution in [-0.2, 0) is 6.18 Å². The zero-order valence-corrected chi connectivity index (χ0v) is 10.9. The Morgan fingerprint density at radius 1 is 1.30 bits per heavy atom. The van der Waals surface area contributed by atoms with Crippen LogP contribution in [0, 0.1) is 0 Å². The number of anilines is 1. The van der Waals surface area contributed by atoms with Crippen molar-refractivity contribution < 1.29 is 13.2 Å². The highest BCUT2D eigenvalue weighted by Crippen LogP contribution is 2.31. The number of nitrogens with two attached hydrogens (primary N) is 1. The van der Waals surface area contributed by atoms with E-state index in [0.29, 0.717) is 0 Å². The van der Waals surface area contributed by atoms with Crippen LogP contribution < -0.4 is 11.3 Å². The van der Waals surface area contributed by atoms with Crippen molar-refractivity contribution in [3.8, 4) is 5.82 Å². The van der Waals surface area contributed by atoms with Crippen LogP contribution in [0.3, 0.4) is 0 Å². The fourth-order valence-electron chi connectivity index (χ4n) is 1.64. The summed E-state index contributed by atoms with van der Waals surface area (Å²) < 4.78 is 39.7. The predicted octanol–water partition coefficient (Wildman–Crippen LogP) is 2.70. The van der Waals surface area contributed by atoms with Crippen LogP contribution >= 0.6 is 0 Å². The Morgan fingerprint density at radius 3 is 2.50 bits per heavy atom. The van der Waals surface area contributed by atoms with Crippen molar-refractivity contribution >= 4 is 5.82 Å². The molecule has 8 heteroatoms. The van der Waals surface area contributed by atoms with E-state index in [0.717, 1.165) is 17.8 Å². The van der Waals surface area contributed by atoms with Crippen LogP contribution in [0.1, 0.15) is 31.0 Å². The third kappa shape index (κ3) is 2.90. The van der Waals surface area contributed by atoms with Crippen molar-refractivity contribution in [2.24, 2.45) is 5.84 Å². The molecule has 0 aliphatic carbocycles. The summed E-state index contributed by atoms with van der Waals surface area (Å²) in [7, 11) is 0. The van der Waals surface area contributed by atoms with E-state index in [4.69, 9.17) is 5.84 Å². The summed E-state index contributed by atoms with van der Waals surface area (Å²) in [5.41, 5.74) is 2.06. The molecule has 2 aromatic heterocycles. The lowest BCUT2D eigenvalue weighted by Crippen LogP contribution is -2.14. The number of hydrazine groups is 1. The average Bonchev–Trinajstić information content (AvgIpc) is 2.87. The Kier molecular flexibility index (Phi) is 3.67. The zero-order chi connectivity index (χ0) is 14.9. The molecule has 2 heterocycles. The minimum atomic E-state index is -4.47. The molecule has 20 heavy (non-hydrogen) atoms. The van der Waals surface area contributed by atoms with Gasteiger partial charge in [0.05, 0.1) is 11.3 Å². The predicted molar refractivity (Wildman–Crippen MR) is 68.3 cm³/mol. The van der Waals surface area contributed by atoms with Crippen LogP contribution in [0.5, 0.6) is 0 Å². The molecular weight excluding hydrogens is 271 g/mol. The van der Waals surface area contributed by atoms with Gasteiger partial charge in [-0.05, 0) is 24.1 Å². The maximum Gasteiger partial charge on any atom is 0.416 e. The first kappa shape index (κ1) is 14.3. The minimum absolute atomic E-state index is 0.0553. The van der Waals surface area contributed by atoms with E-state index in [9.17, 15) is 13.2 Å². The van der Waals surface area contributed by atoms with E-state index in [-0.39, 0.29) is 17.6 Å². The number of alkyl halides is 3. The lowest BCUT2D eigenvalue weighted by atomic mass is 10.1. The van der Waals surface area contributed by atoms with Gasteiger partial charge in [0.25, 0.3) is 0 Å². The van der Waals surface area contributed by atoms with E-state index in [1.165, 1.54) is 4.68 Å². The fraction of sp³-hybridized carbons (Fsp3) is 0.333. The van der Waals surface area contributed by atoms with E-state index in [1.807, 2.05) is 13.8 Å². The average molecular weight is 285 g/mol. The van der Waals surface area contributed by atoms with Gasteiger partial charge in [0.1, 0.15) is 5.82 Å². The molecule has 0 amide bonds. The van der Waals surface area contributed by atoms with Crippen LogP contribution in [0.15, 0.2) is 24.4 Å². The molecule has 0 aromatic carbocycles. The fourth-order valence-corrected chi connectivity index (χ4v) is 1.64. The molecule has 0 spiro atoms. The Labute approximate surface area is 113 Å². The molecule has 2 aromatic rings. The second-order valence-electron chi connectivity index (χ2n) is 4.58. The smallest absolute Gasteiger partial charge is 0.308 e. The summed E-state index contributed by atoms with van der Waals surface area (Å²) in [6, 6.07) is 3.51. The topological polar surface area (TPSA) is 68.8 Å². The monoisotopic (exact) mass is 285 g/mol. The highest BCUT2D eigenvalue weighted by Gasteiger charge is 2.32. The molecule has 108 valence electrons. The maximum atomic E-state index is 12.8. The van der Waals surface area contributed by atoms with E-state index < -0.39 is 11.7 Å². The van der Waals surface area contributed by atoms with Gasteiger partial charge in [0, 0.05) is 6.20 Å². The standard InChI is InChI=1S/C12H14F3N5/c1-7(2)9-3-4-20(19-9)11-6-8(12(13,14)15)5-10(17-11)18-16/h3-7H,16H2,1-2H3,(H,17,18). The number of hydrogen-bond donors (Lipinski definition) is 2. The van der Waals surface area contributed by atoms with Crippen molar-refractivity contribution in [3.05, 3.63) is 35.7 Å². The Balaban J connectivity index is 2.49. The maximum absolute atomic E-state index is 12.8.